The van der Waals surface area contributed by atoms with Crippen LogP contribution in [0.1, 0.15) is 23.6 Å². The van der Waals surface area contributed by atoms with Crippen molar-refractivity contribution in [1.29, 1.82) is 0 Å². The molecule has 11 aromatic rings. The van der Waals surface area contributed by atoms with E-state index in [0.717, 1.165) is 61.7 Å². The van der Waals surface area contributed by atoms with Crippen LogP contribution in [0.4, 0.5) is 0 Å². The molecule has 0 fully saturated rings. The first-order valence-electron chi connectivity index (χ1n) is 23.1. The Morgan fingerprint density at radius 1 is 0.254 bits per heavy atom. The van der Waals surface area contributed by atoms with Crippen LogP contribution in [0.2, 0.25) is 0 Å². The molecule has 3 aromatic heterocycles. The van der Waals surface area contributed by atoms with E-state index >= 15 is 0 Å². The molecule has 5 heteroatoms. The van der Waals surface area contributed by atoms with Crippen molar-refractivity contribution in [2.75, 3.05) is 0 Å². The molecule has 0 amide bonds. The van der Waals surface area contributed by atoms with Crippen LogP contribution in [-0.2, 0) is 5.41 Å². The SMILES string of the molecule is [3H]c1ccc(-c2cccc(-c3cccc(-c4nc(-c5cccc(-c6cccc(-c7ccccc7)n6)c5)nc(-c5ccc6c(c5)C5(c7ccccc7-c7ccccc75)c5ccccc5-6)n4)c3)n2)cc1. The minimum Gasteiger partial charge on any atom is -0.248 e. The zero-order valence-electron chi connectivity index (χ0n) is 37.2. The van der Waals surface area contributed by atoms with Crippen molar-refractivity contribution in [3.63, 3.8) is 0 Å². The zero-order valence-corrected chi connectivity index (χ0v) is 36.2. The lowest BCUT2D eigenvalue weighted by atomic mass is 9.70. The lowest BCUT2D eigenvalue weighted by molar-refractivity contribution is 0.794. The van der Waals surface area contributed by atoms with Crippen molar-refractivity contribution < 1.29 is 1.37 Å². The Bertz CT molecular complexity index is 3710. The van der Waals surface area contributed by atoms with Crippen LogP contribution in [-0.4, -0.2) is 24.9 Å². The van der Waals surface area contributed by atoms with Crippen molar-refractivity contribution in [3.8, 4) is 101 Å². The maximum Gasteiger partial charge on any atom is 0.164 e. The Balaban J connectivity index is 0.982. The summed E-state index contributed by atoms with van der Waals surface area (Å²) in [4.78, 5) is 26.1. The number of aromatic nitrogens is 5. The average Bonchev–Trinajstić information content (AvgIpc) is 3.88. The predicted octanol–water partition coefficient (Wildman–Crippen LogP) is 14.7. The fraction of sp³-hybridized carbons (Fsp3) is 0.0161. The maximum absolute atomic E-state index is 7.97. The van der Waals surface area contributed by atoms with Crippen molar-refractivity contribution in [2.45, 2.75) is 5.41 Å². The summed E-state index contributed by atoms with van der Waals surface area (Å²) < 4.78 is 7.97. The molecule has 0 saturated heterocycles. The molecular formula is C62H39N5. The van der Waals surface area contributed by atoms with Crippen LogP contribution >= 0.6 is 0 Å². The van der Waals surface area contributed by atoms with Crippen molar-refractivity contribution in [3.05, 3.63) is 259 Å². The highest BCUT2D eigenvalue weighted by molar-refractivity contribution is 5.96. The van der Waals surface area contributed by atoms with Crippen LogP contribution < -0.4 is 0 Å². The number of benzene rings is 8. The third-order valence-corrected chi connectivity index (χ3v) is 13.3. The third-order valence-electron chi connectivity index (χ3n) is 13.3. The fourth-order valence-electron chi connectivity index (χ4n) is 10.3. The normalized spacial score (nSPS) is 12.8. The molecule has 0 unspecified atom stereocenters. The van der Waals surface area contributed by atoms with Gasteiger partial charge >= 0.3 is 0 Å². The van der Waals surface area contributed by atoms with Crippen LogP contribution in [0, 0.1) is 0 Å². The predicted molar refractivity (Wildman–Crippen MR) is 270 cm³/mol. The summed E-state index contributed by atoms with van der Waals surface area (Å²) in [5.41, 5.74) is 19.5. The Morgan fingerprint density at radius 2 is 0.612 bits per heavy atom. The first kappa shape index (κ1) is 37.4. The first-order chi connectivity index (χ1) is 33.6. The molecular weight excluding hydrogens is 815 g/mol. The lowest BCUT2D eigenvalue weighted by Crippen LogP contribution is -2.25. The highest BCUT2D eigenvalue weighted by Gasteiger charge is 2.51. The van der Waals surface area contributed by atoms with E-state index in [0.29, 0.717) is 23.5 Å². The maximum atomic E-state index is 7.97. The highest BCUT2D eigenvalue weighted by atomic mass is 15.0. The van der Waals surface area contributed by atoms with Gasteiger partial charge in [-0.15, -0.1) is 0 Å². The van der Waals surface area contributed by atoms with Gasteiger partial charge in [-0.1, -0.05) is 194 Å². The summed E-state index contributed by atoms with van der Waals surface area (Å²) in [5, 5.41) is 0. The minimum atomic E-state index is -0.511. The molecule has 2 aliphatic rings. The standard InChI is InChI=1S/C62H39N5/c1-3-17-40(18-4-1)55-31-15-33-57(63-55)42-21-13-23-44(37-42)59-65-60(45-24-14-22-43(38-45)58-34-16-32-56(64-58)41-19-5-2-6-20-41)67-61(66-59)46-35-36-50-49-27-9-12-30-53(49)62(54(50)39-46)51-28-10-7-25-47(51)48-26-8-11-29-52(48)62/h1-39H/i1T. The van der Waals surface area contributed by atoms with E-state index in [-0.39, 0.29) is 0 Å². The molecule has 0 radical (unpaired) electrons. The van der Waals surface area contributed by atoms with Gasteiger partial charge in [0, 0.05) is 38.9 Å². The second-order valence-electron chi connectivity index (χ2n) is 17.1. The fourth-order valence-corrected chi connectivity index (χ4v) is 10.3. The molecule has 0 N–H and O–H groups in total. The first-order valence-corrected chi connectivity index (χ1v) is 22.6. The largest absolute Gasteiger partial charge is 0.248 e. The van der Waals surface area contributed by atoms with Gasteiger partial charge in [0.25, 0.3) is 0 Å². The number of pyridine rings is 2. The van der Waals surface area contributed by atoms with Gasteiger partial charge in [0.2, 0.25) is 0 Å². The van der Waals surface area contributed by atoms with Gasteiger partial charge in [-0.05, 0) is 87.0 Å². The summed E-state index contributed by atoms with van der Waals surface area (Å²) in [5.74, 6) is 1.69. The number of fused-ring (bicyclic) bond motifs is 10. The molecule has 5 nitrogen and oxygen atoms in total. The summed E-state index contributed by atoms with van der Waals surface area (Å²) >= 11 is 0. The third kappa shape index (κ3) is 6.35. The van der Waals surface area contributed by atoms with E-state index in [4.69, 9.17) is 26.3 Å². The second kappa shape index (κ2) is 15.7. The Labute approximate surface area is 390 Å². The number of hydrogen-bond acceptors (Lipinski definition) is 5. The smallest absolute Gasteiger partial charge is 0.164 e. The van der Waals surface area contributed by atoms with Gasteiger partial charge in [0.1, 0.15) is 0 Å². The van der Waals surface area contributed by atoms with E-state index < -0.39 is 5.41 Å². The van der Waals surface area contributed by atoms with Crippen molar-refractivity contribution >= 4 is 0 Å². The van der Waals surface area contributed by atoms with Gasteiger partial charge in [-0.3, -0.25) is 0 Å². The van der Waals surface area contributed by atoms with E-state index in [9.17, 15) is 0 Å². The van der Waals surface area contributed by atoms with Gasteiger partial charge in [0.15, 0.2) is 17.5 Å². The molecule has 1 spiro atoms. The lowest BCUT2D eigenvalue weighted by Gasteiger charge is -2.30. The summed E-state index contributed by atoms with van der Waals surface area (Å²) in [6, 6.07) is 80.3. The van der Waals surface area contributed by atoms with Gasteiger partial charge in [0.05, 0.1) is 29.6 Å². The number of rotatable bonds is 7. The molecule has 8 aromatic carbocycles. The molecule has 13 rings (SSSR count). The Morgan fingerprint density at radius 3 is 1.10 bits per heavy atom. The zero-order chi connectivity index (χ0) is 45.2. The molecule has 67 heavy (non-hydrogen) atoms. The highest BCUT2D eigenvalue weighted by Crippen LogP contribution is 2.63. The molecule has 2 aliphatic carbocycles. The molecule has 3 heterocycles. The minimum absolute atomic E-state index is 0.466. The van der Waals surface area contributed by atoms with Crippen molar-refractivity contribution in [2.24, 2.45) is 0 Å². The Kier molecular flexibility index (Phi) is 8.75. The molecule has 0 aliphatic heterocycles. The Hall–Kier alpha value is -8.93. The van der Waals surface area contributed by atoms with Gasteiger partial charge < -0.3 is 0 Å². The van der Waals surface area contributed by atoms with E-state index in [1.54, 1.807) is 12.1 Å². The molecule has 312 valence electrons. The topological polar surface area (TPSA) is 64.5 Å². The summed E-state index contributed by atoms with van der Waals surface area (Å²) in [6.45, 7) is 0. The van der Waals surface area contributed by atoms with Crippen LogP contribution in [0.15, 0.2) is 237 Å². The van der Waals surface area contributed by atoms with Crippen LogP contribution in [0.25, 0.3) is 101 Å². The number of hydrogen-bond donors (Lipinski definition) is 0. The monoisotopic (exact) mass is 855 g/mol. The molecule has 0 atom stereocenters. The molecule has 0 bridgehead atoms. The van der Waals surface area contributed by atoms with E-state index in [2.05, 4.69) is 146 Å². The quantitative estimate of drug-likeness (QED) is 0.160. The van der Waals surface area contributed by atoms with Crippen LogP contribution in [0.5, 0.6) is 0 Å². The summed E-state index contributed by atoms with van der Waals surface area (Å²) in [6.07, 6.45) is 0. The van der Waals surface area contributed by atoms with E-state index in [1.807, 2.05) is 72.8 Å². The van der Waals surface area contributed by atoms with Gasteiger partial charge in [-0.25, -0.2) is 24.9 Å². The average molecular weight is 856 g/mol. The van der Waals surface area contributed by atoms with Crippen molar-refractivity contribution in [1.82, 2.24) is 24.9 Å². The summed E-state index contributed by atoms with van der Waals surface area (Å²) in [7, 11) is 0. The number of nitrogens with zero attached hydrogens (tertiary/aromatic N) is 5. The second-order valence-corrected chi connectivity index (χ2v) is 17.1. The van der Waals surface area contributed by atoms with Crippen LogP contribution in [0.3, 0.4) is 0 Å². The van der Waals surface area contributed by atoms with Gasteiger partial charge in [-0.2, -0.15) is 0 Å². The molecule has 0 saturated carbocycles. The van der Waals surface area contributed by atoms with E-state index in [1.165, 1.54) is 44.5 Å².